The van der Waals surface area contributed by atoms with E-state index in [0.29, 0.717) is 11.8 Å². The van der Waals surface area contributed by atoms with E-state index in [1.807, 2.05) is 56.3 Å². The summed E-state index contributed by atoms with van der Waals surface area (Å²) < 4.78 is 0. The molecular weight excluding hydrogens is 342 g/mol. The van der Waals surface area contributed by atoms with Crippen molar-refractivity contribution >= 4 is 34.8 Å². The zero-order chi connectivity index (χ0) is 19.4. The van der Waals surface area contributed by atoms with Crippen LogP contribution in [0.3, 0.4) is 0 Å². The van der Waals surface area contributed by atoms with Gasteiger partial charge in [0.2, 0.25) is 5.95 Å². The zero-order valence-electron chi connectivity index (χ0n) is 15.4. The Bertz CT molecular complexity index is 938. The van der Waals surface area contributed by atoms with Gasteiger partial charge in [0, 0.05) is 42.9 Å². The molecule has 0 saturated carbocycles. The van der Waals surface area contributed by atoms with Crippen molar-refractivity contribution in [3.63, 3.8) is 0 Å². The van der Waals surface area contributed by atoms with Crippen LogP contribution in [0.1, 0.15) is 16.1 Å². The number of aromatic carboxylic acids is 1. The molecule has 0 unspecified atom stereocenters. The number of carbonyl (C=O) groups is 1. The van der Waals surface area contributed by atoms with Crippen molar-refractivity contribution in [3.8, 4) is 0 Å². The van der Waals surface area contributed by atoms with Crippen LogP contribution >= 0.6 is 0 Å². The third-order valence-electron chi connectivity index (χ3n) is 3.90. The van der Waals surface area contributed by atoms with Crippen molar-refractivity contribution in [3.05, 3.63) is 65.9 Å². The average molecular weight is 363 g/mol. The molecule has 0 aliphatic rings. The van der Waals surface area contributed by atoms with Crippen LogP contribution in [-0.2, 0) is 0 Å². The molecule has 0 atom stereocenters. The van der Waals surface area contributed by atoms with Crippen LogP contribution in [-0.4, -0.2) is 35.1 Å². The minimum Gasteiger partial charge on any atom is -0.478 e. The lowest BCUT2D eigenvalue weighted by Crippen LogP contribution is -2.08. The van der Waals surface area contributed by atoms with Gasteiger partial charge in [-0.2, -0.15) is 4.98 Å². The van der Waals surface area contributed by atoms with Gasteiger partial charge in [0.1, 0.15) is 5.82 Å². The van der Waals surface area contributed by atoms with Gasteiger partial charge in [-0.1, -0.05) is 0 Å². The normalized spacial score (nSPS) is 10.3. The van der Waals surface area contributed by atoms with E-state index in [-0.39, 0.29) is 5.56 Å². The lowest BCUT2D eigenvalue weighted by atomic mass is 10.2. The van der Waals surface area contributed by atoms with E-state index in [1.165, 1.54) is 0 Å². The smallest absolute Gasteiger partial charge is 0.335 e. The number of carboxylic acid groups (broad SMARTS) is 1. The highest BCUT2D eigenvalue weighted by molar-refractivity contribution is 5.88. The van der Waals surface area contributed by atoms with Crippen molar-refractivity contribution in [2.24, 2.45) is 0 Å². The van der Waals surface area contributed by atoms with Gasteiger partial charge in [-0.3, -0.25) is 0 Å². The molecule has 0 aliphatic carbocycles. The van der Waals surface area contributed by atoms with E-state index in [0.717, 1.165) is 22.8 Å². The number of nitrogens with one attached hydrogen (secondary N) is 2. The molecule has 0 saturated heterocycles. The average Bonchev–Trinajstić information content (AvgIpc) is 2.62. The highest BCUT2D eigenvalue weighted by Gasteiger charge is 2.06. The Labute approximate surface area is 157 Å². The van der Waals surface area contributed by atoms with E-state index >= 15 is 0 Å². The maximum Gasteiger partial charge on any atom is 0.335 e. The standard InChI is InChI=1S/C20H21N5O2/c1-13-12-18(22-15-6-4-14(5-7-15)19(26)27)24-20(21-13)23-16-8-10-17(11-9-16)25(2)3/h4-12H,1-3H3,(H,26,27)(H2,21,22,23,24). The summed E-state index contributed by atoms with van der Waals surface area (Å²) in [6.07, 6.45) is 0. The van der Waals surface area contributed by atoms with Crippen molar-refractivity contribution in [1.82, 2.24) is 9.97 Å². The van der Waals surface area contributed by atoms with Crippen molar-refractivity contribution in [2.75, 3.05) is 29.6 Å². The highest BCUT2D eigenvalue weighted by Crippen LogP contribution is 2.21. The molecule has 3 N–H and O–H groups in total. The first kappa shape index (κ1) is 18.2. The fourth-order valence-corrected chi connectivity index (χ4v) is 2.50. The van der Waals surface area contributed by atoms with Crippen molar-refractivity contribution in [1.29, 1.82) is 0 Å². The number of rotatable bonds is 6. The largest absolute Gasteiger partial charge is 0.478 e. The topological polar surface area (TPSA) is 90.4 Å². The van der Waals surface area contributed by atoms with Crippen LogP contribution in [0.2, 0.25) is 0 Å². The van der Waals surface area contributed by atoms with Crippen LogP contribution in [0.5, 0.6) is 0 Å². The summed E-state index contributed by atoms with van der Waals surface area (Å²) in [7, 11) is 3.99. The molecule has 7 nitrogen and oxygen atoms in total. The Morgan fingerprint density at radius 2 is 1.52 bits per heavy atom. The number of aromatic nitrogens is 2. The van der Waals surface area contributed by atoms with Gasteiger partial charge in [0.15, 0.2) is 0 Å². The van der Waals surface area contributed by atoms with E-state index in [9.17, 15) is 4.79 Å². The van der Waals surface area contributed by atoms with Crippen molar-refractivity contribution < 1.29 is 9.90 Å². The minimum absolute atomic E-state index is 0.239. The predicted octanol–water partition coefficient (Wildman–Crippen LogP) is 4.04. The third-order valence-corrected chi connectivity index (χ3v) is 3.90. The third kappa shape index (κ3) is 4.72. The molecule has 1 aromatic heterocycles. The number of hydrogen-bond donors (Lipinski definition) is 3. The second-order valence-electron chi connectivity index (χ2n) is 6.29. The Balaban J connectivity index is 1.76. The zero-order valence-corrected chi connectivity index (χ0v) is 15.4. The molecule has 0 aliphatic heterocycles. The number of aryl methyl sites for hydroxylation is 1. The van der Waals surface area contributed by atoms with Crippen LogP contribution in [0.4, 0.5) is 28.8 Å². The van der Waals surface area contributed by atoms with Crippen LogP contribution in [0.15, 0.2) is 54.6 Å². The Morgan fingerprint density at radius 1 is 0.926 bits per heavy atom. The van der Waals surface area contributed by atoms with E-state index in [1.54, 1.807) is 24.3 Å². The van der Waals surface area contributed by atoms with Gasteiger partial charge in [0.05, 0.1) is 5.56 Å². The first-order valence-electron chi connectivity index (χ1n) is 8.41. The van der Waals surface area contributed by atoms with Crippen LogP contribution < -0.4 is 15.5 Å². The molecule has 138 valence electrons. The van der Waals surface area contributed by atoms with Gasteiger partial charge in [-0.25, -0.2) is 9.78 Å². The monoisotopic (exact) mass is 363 g/mol. The van der Waals surface area contributed by atoms with Gasteiger partial charge >= 0.3 is 5.97 Å². The van der Waals surface area contributed by atoms with Gasteiger partial charge < -0.3 is 20.6 Å². The Morgan fingerprint density at radius 3 is 2.11 bits per heavy atom. The summed E-state index contributed by atoms with van der Waals surface area (Å²) in [4.78, 5) is 21.9. The molecule has 0 bridgehead atoms. The Kier molecular flexibility index (Phi) is 5.21. The summed E-state index contributed by atoms with van der Waals surface area (Å²) in [6, 6.07) is 16.3. The summed E-state index contributed by atoms with van der Waals surface area (Å²) in [5, 5.41) is 15.3. The Hall–Kier alpha value is -3.61. The number of hydrogen-bond acceptors (Lipinski definition) is 6. The number of anilines is 5. The lowest BCUT2D eigenvalue weighted by molar-refractivity contribution is 0.0697. The molecule has 3 aromatic rings. The molecule has 7 heteroatoms. The number of benzene rings is 2. The summed E-state index contributed by atoms with van der Waals surface area (Å²) in [5.41, 5.74) is 3.80. The highest BCUT2D eigenvalue weighted by atomic mass is 16.4. The summed E-state index contributed by atoms with van der Waals surface area (Å²) >= 11 is 0. The predicted molar refractivity (Wildman–Crippen MR) is 108 cm³/mol. The molecular formula is C20H21N5O2. The quantitative estimate of drug-likeness (QED) is 0.609. The van der Waals surface area contributed by atoms with Gasteiger partial charge in [0.25, 0.3) is 0 Å². The molecule has 2 aromatic carbocycles. The van der Waals surface area contributed by atoms with Crippen LogP contribution in [0.25, 0.3) is 0 Å². The fraction of sp³-hybridized carbons (Fsp3) is 0.150. The second-order valence-corrected chi connectivity index (χ2v) is 6.29. The molecule has 0 fully saturated rings. The molecule has 3 rings (SSSR count). The fourth-order valence-electron chi connectivity index (χ4n) is 2.50. The van der Waals surface area contributed by atoms with Gasteiger partial charge in [-0.15, -0.1) is 0 Å². The minimum atomic E-state index is -0.953. The molecule has 27 heavy (non-hydrogen) atoms. The first-order chi connectivity index (χ1) is 12.9. The van der Waals surface area contributed by atoms with E-state index < -0.39 is 5.97 Å². The van der Waals surface area contributed by atoms with E-state index in [2.05, 4.69) is 20.6 Å². The maximum absolute atomic E-state index is 10.9. The summed E-state index contributed by atoms with van der Waals surface area (Å²) in [5.74, 6) is 0.154. The number of carboxylic acids is 1. The summed E-state index contributed by atoms with van der Waals surface area (Å²) in [6.45, 7) is 1.89. The molecule has 1 heterocycles. The lowest BCUT2D eigenvalue weighted by Gasteiger charge is -2.13. The SMILES string of the molecule is Cc1cc(Nc2ccc(C(=O)O)cc2)nc(Nc2ccc(N(C)C)cc2)n1. The van der Waals surface area contributed by atoms with Crippen LogP contribution in [0, 0.1) is 6.92 Å². The maximum atomic E-state index is 10.9. The molecule has 0 radical (unpaired) electrons. The second kappa shape index (κ2) is 7.74. The van der Waals surface area contributed by atoms with Crippen molar-refractivity contribution in [2.45, 2.75) is 6.92 Å². The number of nitrogens with zero attached hydrogens (tertiary/aromatic N) is 3. The van der Waals surface area contributed by atoms with E-state index in [4.69, 9.17) is 5.11 Å². The molecule has 0 amide bonds. The molecule has 0 spiro atoms. The van der Waals surface area contributed by atoms with Gasteiger partial charge in [-0.05, 0) is 55.5 Å². The first-order valence-corrected chi connectivity index (χ1v) is 8.41.